The Labute approximate surface area is 187 Å². The Morgan fingerprint density at radius 2 is 2.00 bits per heavy atom. The first kappa shape index (κ1) is 21.6. The summed E-state index contributed by atoms with van der Waals surface area (Å²) < 4.78 is 7.31. The molecule has 1 N–H and O–H groups in total. The average Bonchev–Trinajstić information content (AvgIpc) is 3.25. The molecule has 4 aromatic rings. The highest BCUT2D eigenvalue weighted by Gasteiger charge is 2.23. The van der Waals surface area contributed by atoms with Crippen molar-refractivity contribution in [1.82, 2.24) is 19.5 Å². The van der Waals surface area contributed by atoms with Crippen LogP contribution in [0.3, 0.4) is 0 Å². The molecule has 0 aliphatic rings. The van der Waals surface area contributed by atoms with Crippen LogP contribution in [0.5, 0.6) is 0 Å². The van der Waals surface area contributed by atoms with E-state index in [1.807, 2.05) is 25.1 Å². The Balaban J connectivity index is 1.73. The van der Waals surface area contributed by atoms with Crippen LogP contribution >= 0.6 is 23.1 Å². The van der Waals surface area contributed by atoms with Gasteiger partial charge in [-0.2, -0.15) is 0 Å². The summed E-state index contributed by atoms with van der Waals surface area (Å²) in [5.41, 5.74) is 2.39. The number of aryl methyl sites for hydroxylation is 1. The number of nitrogens with zero attached hydrogens (tertiary/aromatic N) is 3. The second-order valence-corrected chi connectivity index (χ2v) is 9.82. The molecule has 0 unspecified atom stereocenters. The third-order valence-electron chi connectivity index (χ3n) is 5.03. The number of thiophene rings is 1. The van der Waals surface area contributed by atoms with Crippen molar-refractivity contribution in [1.29, 1.82) is 0 Å². The van der Waals surface area contributed by atoms with Crippen LogP contribution in [-0.2, 0) is 4.74 Å². The number of aromatic nitrogens is 4. The molecular weight excluding hydrogens is 432 g/mol. The molecule has 3 heterocycles. The summed E-state index contributed by atoms with van der Waals surface area (Å²) in [6, 6.07) is 8.29. The first-order chi connectivity index (χ1) is 14.8. The molecule has 7 nitrogen and oxygen atoms in total. The fraction of sp³-hybridized carbons (Fsp3) is 0.364. The van der Waals surface area contributed by atoms with Gasteiger partial charge in [0.1, 0.15) is 15.5 Å². The van der Waals surface area contributed by atoms with E-state index in [9.17, 15) is 9.59 Å². The van der Waals surface area contributed by atoms with Crippen LogP contribution in [0.1, 0.15) is 60.0 Å². The SMILES string of the molecule is CCOC(=O)c1sc2nc([C@H](C)Sc3nc4ccccc4n3C(C)C)[nH]c(=O)c2c1C. The van der Waals surface area contributed by atoms with E-state index in [1.165, 1.54) is 11.3 Å². The number of thioether (sulfide) groups is 1. The highest BCUT2D eigenvalue weighted by atomic mass is 32.2. The minimum absolute atomic E-state index is 0.139. The Hall–Kier alpha value is -2.65. The van der Waals surface area contributed by atoms with Gasteiger partial charge >= 0.3 is 5.97 Å². The van der Waals surface area contributed by atoms with E-state index in [0.717, 1.165) is 16.2 Å². The van der Waals surface area contributed by atoms with E-state index in [2.05, 4.69) is 34.4 Å². The molecule has 3 aromatic heterocycles. The Morgan fingerprint density at radius 1 is 1.26 bits per heavy atom. The Morgan fingerprint density at radius 3 is 2.71 bits per heavy atom. The number of ether oxygens (including phenoxy) is 1. The van der Waals surface area contributed by atoms with Gasteiger partial charge < -0.3 is 14.3 Å². The average molecular weight is 457 g/mol. The van der Waals surface area contributed by atoms with Gasteiger partial charge in [0.15, 0.2) is 5.16 Å². The number of esters is 1. The van der Waals surface area contributed by atoms with E-state index in [4.69, 9.17) is 9.72 Å². The van der Waals surface area contributed by atoms with Crippen molar-refractivity contribution in [2.24, 2.45) is 0 Å². The monoisotopic (exact) mass is 456 g/mol. The zero-order chi connectivity index (χ0) is 22.3. The van der Waals surface area contributed by atoms with Crippen LogP contribution in [0.15, 0.2) is 34.2 Å². The van der Waals surface area contributed by atoms with Crippen LogP contribution < -0.4 is 5.56 Å². The lowest BCUT2D eigenvalue weighted by molar-refractivity contribution is 0.0531. The molecule has 0 saturated heterocycles. The zero-order valence-corrected chi connectivity index (χ0v) is 19.7. The van der Waals surface area contributed by atoms with Gasteiger partial charge in [-0.25, -0.2) is 14.8 Å². The van der Waals surface area contributed by atoms with Gasteiger partial charge in [-0.05, 0) is 52.3 Å². The van der Waals surface area contributed by atoms with Gasteiger partial charge in [-0.15, -0.1) is 11.3 Å². The van der Waals surface area contributed by atoms with Crippen molar-refractivity contribution >= 4 is 50.3 Å². The minimum Gasteiger partial charge on any atom is -0.462 e. The number of hydrogen-bond acceptors (Lipinski definition) is 7. The number of carbonyl (C=O) groups is 1. The van der Waals surface area contributed by atoms with E-state index in [1.54, 1.807) is 25.6 Å². The van der Waals surface area contributed by atoms with Crippen molar-refractivity contribution in [2.45, 2.75) is 51.1 Å². The van der Waals surface area contributed by atoms with Crippen LogP contribution in [0.2, 0.25) is 0 Å². The summed E-state index contributed by atoms with van der Waals surface area (Å²) in [4.78, 5) is 38.4. The maximum Gasteiger partial charge on any atom is 0.348 e. The van der Waals surface area contributed by atoms with Gasteiger partial charge in [-0.3, -0.25) is 4.79 Å². The Bertz CT molecular complexity index is 1340. The number of imidazole rings is 1. The normalized spacial score (nSPS) is 12.7. The van der Waals surface area contributed by atoms with Gasteiger partial charge in [-0.1, -0.05) is 23.9 Å². The Kier molecular flexibility index (Phi) is 5.90. The largest absolute Gasteiger partial charge is 0.462 e. The van der Waals surface area contributed by atoms with Gasteiger partial charge in [0.25, 0.3) is 5.56 Å². The highest BCUT2D eigenvalue weighted by molar-refractivity contribution is 7.99. The summed E-state index contributed by atoms with van der Waals surface area (Å²) in [5.74, 6) is 0.138. The van der Waals surface area contributed by atoms with Crippen molar-refractivity contribution in [3.63, 3.8) is 0 Å². The lowest BCUT2D eigenvalue weighted by atomic mass is 10.2. The first-order valence-electron chi connectivity index (χ1n) is 10.2. The van der Waals surface area contributed by atoms with Crippen molar-refractivity contribution in [2.75, 3.05) is 6.61 Å². The molecule has 0 aliphatic carbocycles. The summed E-state index contributed by atoms with van der Waals surface area (Å²) >= 11 is 2.75. The minimum atomic E-state index is -0.419. The van der Waals surface area contributed by atoms with Crippen LogP contribution in [0.25, 0.3) is 21.3 Å². The second kappa shape index (κ2) is 8.47. The number of H-pyrrole nitrogens is 1. The molecule has 9 heteroatoms. The lowest BCUT2D eigenvalue weighted by Gasteiger charge is -2.15. The van der Waals surface area contributed by atoms with Crippen LogP contribution in [0, 0.1) is 6.92 Å². The summed E-state index contributed by atoms with van der Waals surface area (Å²) in [7, 11) is 0. The van der Waals surface area contributed by atoms with E-state index in [0.29, 0.717) is 26.5 Å². The topological polar surface area (TPSA) is 89.9 Å². The predicted octanol–water partition coefficient (Wildman–Crippen LogP) is 5.25. The fourth-order valence-corrected chi connectivity index (χ4v) is 5.76. The number of aromatic amines is 1. The molecule has 0 fully saturated rings. The second-order valence-electron chi connectivity index (χ2n) is 7.51. The summed E-state index contributed by atoms with van der Waals surface area (Å²) in [5, 5.41) is 1.18. The molecule has 0 spiro atoms. The molecule has 31 heavy (non-hydrogen) atoms. The quantitative estimate of drug-likeness (QED) is 0.315. The number of nitrogens with one attached hydrogen (secondary N) is 1. The van der Waals surface area contributed by atoms with E-state index >= 15 is 0 Å². The molecule has 1 atom stereocenters. The molecule has 0 amide bonds. The molecule has 162 valence electrons. The third-order valence-corrected chi connectivity index (χ3v) is 7.27. The van der Waals surface area contributed by atoms with E-state index in [-0.39, 0.29) is 23.5 Å². The third kappa shape index (κ3) is 3.87. The smallest absolute Gasteiger partial charge is 0.348 e. The summed E-state index contributed by atoms with van der Waals surface area (Å²) in [6.45, 7) is 10.0. The molecule has 0 aliphatic heterocycles. The predicted molar refractivity (Wildman–Crippen MR) is 125 cm³/mol. The lowest BCUT2D eigenvalue weighted by Crippen LogP contribution is -2.13. The molecule has 0 saturated carbocycles. The number of hydrogen-bond donors (Lipinski definition) is 1. The van der Waals surface area contributed by atoms with Crippen molar-refractivity contribution in [3.8, 4) is 0 Å². The molecule has 0 bridgehead atoms. The van der Waals surface area contributed by atoms with E-state index < -0.39 is 5.97 Å². The molecular formula is C22H24N4O3S2. The first-order valence-corrected chi connectivity index (χ1v) is 11.9. The number of rotatable bonds is 6. The number of carbonyl (C=O) groups excluding carboxylic acids is 1. The maximum atomic E-state index is 12.8. The van der Waals surface area contributed by atoms with Crippen LogP contribution in [0.4, 0.5) is 0 Å². The highest BCUT2D eigenvalue weighted by Crippen LogP contribution is 2.37. The number of benzene rings is 1. The number of para-hydroxylation sites is 2. The zero-order valence-electron chi connectivity index (χ0n) is 18.1. The standard InChI is InChI=1S/C22H24N4O3S2/c1-6-29-21(28)17-12(4)16-19(27)24-18(25-20(16)31-17)13(5)30-22-23-14-9-7-8-10-15(14)26(22)11(2)3/h7-11,13H,6H2,1-5H3,(H,24,25,27)/t13-/m0/s1. The van der Waals surface area contributed by atoms with Gasteiger partial charge in [0.05, 0.1) is 28.3 Å². The molecule has 4 rings (SSSR count). The molecule has 0 radical (unpaired) electrons. The number of fused-ring (bicyclic) bond motifs is 2. The van der Waals surface area contributed by atoms with Gasteiger partial charge in [0.2, 0.25) is 0 Å². The summed E-state index contributed by atoms with van der Waals surface area (Å²) in [6.07, 6.45) is 0. The van der Waals surface area contributed by atoms with Crippen molar-refractivity contribution < 1.29 is 9.53 Å². The fourth-order valence-electron chi connectivity index (χ4n) is 3.56. The van der Waals surface area contributed by atoms with Gasteiger partial charge in [0, 0.05) is 6.04 Å². The molecule has 1 aromatic carbocycles. The van der Waals surface area contributed by atoms with Crippen molar-refractivity contribution in [3.05, 3.63) is 50.9 Å². The van der Waals surface area contributed by atoms with Crippen LogP contribution in [-0.4, -0.2) is 32.1 Å². The maximum absolute atomic E-state index is 12.8.